The van der Waals surface area contributed by atoms with Crippen molar-refractivity contribution in [2.75, 3.05) is 7.11 Å². The van der Waals surface area contributed by atoms with Crippen LogP contribution in [0.4, 0.5) is 4.39 Å². The summed E-state index contributed by atoms with van der Waals surface area (Å²) in [7, 11) is 1.35. The number of amides is 1. The van der Waals surface area contributed by atoms with E-state index in [1.54, 1.807) is 0 Å². The second-order valence-electron chi connectivity index (χ2n) is 3.08. The number of carbonyl (C=O) groups excluding carboxylic acids is 1. The van der Waals surface area contributed by atoms with Crippen molar-refractivity contribution in [3.8, 4) is 17.3 Å². The van der Waals surface area contributed by atoms with Gasteiger partial charge in [0, 0.05) is 0 Å². The Labute approximate surface area is 94.8 Å². The number of H-pyrrole nitrogens is 1. The maximum absolute atomic E-state index is 13.5. The van der Waals surface area contributed by atoms with E-state index in [0.717, 1.165) is 6.20 Å². The number of halogens is 1. The Bertz CT molecular complexity index is 568. The van der Waals surface area contributed by atoms with Gasteiger partial charge in [0.25, 0.3) is 5.91 Å². The zero-order valence-corrected chi connectivity index (χ0v) is 8.77. The van der Waals surface area contributed by atoms with Crippen molar-refractivity contribution < 1.29 is 13.9 Å². The van der Waals surface area contributed by atoms with Crippen LogP contribution in [0.15, 0.2) is 12.4 Å². The number of hydrogen-bond donors (Lipinski definition) is 2. The van der Waals surface area contributed by atoms with Crippen molar-refractivity contribution in [3.05, 3.63) is 23.9 Å². The molecule has 0 aliphatic heterocycles. The number of nitrogens with zero attached hydrogens (tertiary/aromatic N) is 3. The molecule has 88 valence electrons. The lowest BCUT2D eigenvalue weighted by molar-refractivity contribution is 0.0996. The highest BCUT2D eigenvalue weighted by molar-refractivity contribution is 5.97. The van der Waals surface area contributed by atoms with Gasteiger partial charge < -0.3 is 10.5 Å². The first-order chi connectivity index (χ1) is 8.13. The molecule has 2 rings (SSSR count). The van der Waals surface area contributed by atoms with Crippen molar-refractivity contribution in [1.82, 2.24) is 20.2 Å². The quantitative estimate of drug-likeness (QED) is 0.788. The summed E-state index contributed by atoms with van der Waals surface area (Å²) in [5.41, 5.74) is 5.15. The van der Waals surface area contributed by atoms with Crippen LogP contribution in [-0.2, 0) is 0 Å². The molecule has 0 aliphatic carbocycles. The maximum Gasteiger partial charge on any atom is 0.316 e. The maximum atomic E-state index is 13.5. The molecule has 0 unspecified atom stereocenters. The Kier molecular flexibility index (Phi) is 2.69. The normalized spacial score (nSPS) is 10.2. The highest BCUT2D eigenvalue weighted by Gasteiger charge is 2.18. The third-order valence-corrected chi connectivity index (χ3v) is 2.05. The van der Waals surface area contributed by atoms with E-state index < -0.39 is 11.7 Å². The van der Waals surface area contributed by atoms with Crippen LogP contribution in [-0.4, -0.2) is 33.2 Å². The molecular weight excluding hydrogens is 229 g/mol. The van der Waals surface area contributed by atoms with Crippen molar-refractivity contribution in [2.24, 2.45) is 5.73 Å². The fourth-order valence-corrected chi connectivity index (χ4v) is 1.29. The molecule has 0 fully saturated rings. The minimum atomic E-state index is -0.755. The summed E-state index contributed by atoms with van der Waals surface area (Å²) in [6.07, 6.45) is 2.20. The molecule has 3 N–H and O–H groups in total. The molecule has 0 spiro atoms. The molecule has 0 radical (unpaired) electrons. The summed E-state index contributed by atoms with van der Waals surface area (Å²) < 4.78 is 18.3. The number of primary amides is 1. The van der Waals surface area contributed by atoms with Gasteiger partial charge in [-0.2, -0.15) is 10.1 Å². The Balaban J connectivity index is 2.59. The van der Waals surface area contributed by atoms with Crippen LogP contribution in [0.1, 0.15) is 10.5 Å². The Morgan fingerprint density at radius 1 is 1.53 bits per heavy atom. The van der Waals surface area contributed by atoms with Crippen LogP contribution in [0, 0.1) is 5.82 Å². The van der Waals surface area contributed by atoms with Gasteiger partial charge >= 0.3 is 6.01 Å². The zero-order chi connectivity index (χ0) is 12.4. The van der Waals surface area contributed by atoms with Crippen molar-refractivity contribution in [1.29, 1.82) is 0 Å². The largest absolute Gasteiger partial charge is 0.467 e. The van der Waals surface area contributed by atoms with Crippen LogP contribution < -0.4 is 10.5 Å². The average molecular weight is 237 g/mol. The number of ether oxygens (including phenoxy) is 1. The van der Waals surface area contributed by atoms with Crippen LogP contribution in [0.3, 0.4) is 0 Å². The molecule has 8 heteroatoms. The Morgan fingerprint density at radius 2 is 2.29 bits per heavy atom. The summed E-state index contributed by atoms with van der Waals surface area (Å²) in [4.78, 5) is 18.5. The van der Waals surface area contributed by atoms with E-state index in [1.807, 2.05) is 0 Å². The first-order valence-corrected chi connectivity index (χ1v) is 4.53. The third kappa shape index (κ3) is 1.92. The number of hydrogen-bond acceptors (Lipinski definition) is 5. The zero-order valence-electron chi connectivity index (χ0n) is 8.77. The van der Waals surface area contributed by atoms with Crippen LogP contribution in [0.25, 0.3) is 11.3 Å². The number of methoxy groups -OCH3 is 1. The fourth-order valence-electron chi connectivity index (χ4n) is 1.29. The second kappa shape index (κ2) is 4.16. The highest BCUT2D eigenvalue weighted by Crippen LogP contribution is 2.23. The number of rotatable bonds is 3. The molecule has 2 aromatic heterocycles. The van der Waals surface area contributed by atoms with Gasteiger partial charge in [-0.15, -0.1) is 0 Å². The van der Waals surface area contributed by atoms with Gasteiger partial charge in [0.1, 0.15) is 11.4 Å². The van der Waals surface area contributed by atoms with Gasteiger partial charge in [0.2, 0.25) is 0 Å². The van der Waals surface area contributed by atoms with E-state index in [4.69, 9.17) is 10.5 Å². The van der Waals surface area contributed by atoms with Crippen molar-refractivity contribution in [3.63, 3.8) is 0 Å². The van der Waals surface area contributed by atoms with E-state index in [-0.39, 0.29) is 23.0 Å². The van der Waals surface area contributed by atoms with Gasteiger partial charge in [-0.1, -0.05) is 0 Å². The highest BCUT2D eigenvalue weighted by atomic mass is 19.1. The first kappa shape index (κ1) is 11.0. The molecule has 0 saturated heterocycles. The van der Waals surface area contributed by atoms with Crippen molar-refractivity contribution in [2.45, 2.75) is 0 Å². The monoisotopic (exact) mass is 237 g/mol. The Morgan fingerprint density at radius 3 is 2.94 bits per heavy atom. The van der Waals surface area contributed by atoms with E-state index in [0.29, 0.717) is 0 Å². The number of aromatic nitrogens is 4. The summed E-state index contributed by atoms with van der Waals surface area (Å²) in [5, 5.41) is 6.00. The minimum absolute atomic E-state index is 0.0157. The standard InChI is InChI=1S/C9H8FN5O2/c1-17-9-12-3-5(10)6(14-9)4-2-13-15-7(4)8(11)16/h2-3H,1H3,(H2,11,16)(H,13,15). The molecule has 2 aromatic rings. The SMILES string of the molecule is COc1ncc(F)c(-c2cn[nH]c2C(N)=O)n1. The molecule has 1 amide bonds. The smallest absolute Gasteiger partial charge is 0.316 e. The molecule has 0 bridgehead atoms. The lowest BCUT2D eigenvalue weighted by atomic mass is 10.1. The summed E-state index contributed by atoms with van der Waals surface area (Å²) in [6, 6.07) is -0.0157. The third-order valence-electron chi connectivity index (χ3n) is 2.05. The summed E-state index contributed by atoms with van der Waals surface area (Å²) in [6.45, 7) is 0. The van der Waals surface area contributed by atoms with E-state index in [9.17, 15) is 9.18 Å². The molecule has 0 aliphatic rings. The second-order valence-corrected chi connectivity index (χ2v) is 3.08. The molecule has 0 saturated carbocycles. The fraction of sp³-hybridized carbons (Fsp3) is 0.111. The summed E-state index contributed by atoms with van der Waals surface area (Å²) in [5.74, 6) is -1.45. The van der Waals surface area contributed by atoms with E-state index >= 15 is 0 Å². The van der Waals surface area contributed by atoms with Crippen LogP contribution >= 0.6 is 0 Å². The van der Waals surface area contributed by atoms with Crippen LogP contribution in [0.5, 0.6) is 6.01 Å². The lowest BCUT2D eigenvalue weighted by Gasteiger charge is -2.03. The number of nitrogens with one attached hydrogen (secondary N) is 1. The molecular formula is C9H8FN5O2. The molecule has 0 atom stereocenters. The topological polar surface area (TPSA) is 107 Å². The van der Waals surface area contributed by atoms with Gasteiger partial charge in [-0.05, 0) is 0 Å². The minimum Gasteiger partial charge on any atom is -0.467 e. The first-order valence-electron chi connectivity index (χ1n) is 4.53. The van der Waals surface area contributed by atoms with Crippen LogP contribution in [0.2, 0.25) is 0 Å². The molecule has 7 nitrogen and oxygen atoms in total. The summed E-state index contributed by atoms with van der Waals surface area (Å²) >= 11 is 0. The van der Waals surface area contributed by atoms with Gasteiger partial charge in [0.15, 0.2) is 5.82 Å². The Hall–Kier alpha value is -2.51. The number of carbonyl (C=O) groups is 1. The predicted molar refractivity (Wildman–Crippen MR) is 54.6 cm³/mol. The predicted octanol–water partition coefficient (Wildman–Crippen LogP) is 0.113. The molecule has 2 heterocycles. The van der Waals surface area contributed by atoms with Gasteiger partial charge in [0.05, 0.1) is 25.1 Å². The van der Waals surface area contributed by atoms with Gasteiger partial charge in [-0.3, -0.25) is 9.89 Å². The number of nitrogens with two attached hydrogens (primary N) is 1. The van der Waals surface area contributed by atoms with E-state index in [2.05, 4.69) is 20.2 Å². The van der Waals surface area contributed by atoms with E-state index in [1.165, 1.54) is 13.3 Å². The van der Waals surface area contributed by atoms with Crippen molar-refractivity contribution >= 4 is 5.91 Å². The molecule has 0 aromatic carbocycles. The molecule has 17 heavy (non-hydrogen) atoms. The average Bonchev–Trinajstić information content (AvgIpc) is 2.78. The number of aromatic amines is 1. The lowest BCUT2D eigenvalue weighted by Crippen LogP contribution is -2.13. The van der Waals surface area contributed by atoms with Gasteiger partial charge in [-0.25, -0.2) is 9.37 Å².